The van der Waals surface area contributed by atoms with Crippen molar-refractivity contribution in [3.05, 3.63) is 24.0 Å². The molecule has 0 saturated carbocycles. The first kappa shape index (κ1) is 7.31. The Balaban J connectivity index is 2.40. The fourth-order valence-electron chi connectivity index (χ4n) is 0.842. The number of aliphatic hydroxyl groups excluding tert-OH is 1. The number of hydrogen-bond acceptors (Lipinski definition) is 2. The predicted molar refractivity (Wildman–Crippen MR) is 39.6 cm³/mol. The van der Waals surface area contributed by atoms with Crippen molar-refractivity contribution >= 4 is 0 Å². The fourth-order valence-corrected chi connectivity index (χ4v) is 0.842. The zero-order chi connectivity index (χ0) is 7.40. The SMILES string of the molecule is NC(CO)Cc1ccc[nH]1. The van der Waals surface area contributed by atoms with E-state index in [9.17, 15) is 0 Å². The summed E-state index contributed by atoms with van der Waals surface area (Å²) < 4.78 is 0. The predicted octanol–water partition coefficient (Wildman–Crippen LogP) is -0.123. The van der Waals surface area contributed by atoms with Crippen LogP contribution < -0.4 is 5.73 Å². The number of aliphatic hydroxyl groups is 1. The molecule has 1 atom stereocenters. The quantitative estimate of drug-likeness (QED) is 0.548. The van der Waals surface area contributed by atoms with Crippen LogP contribution in [0.4, 0.5) is 0 Å². The van der Waals surface area contributed by atoms with Gasteiger partial charge in [-0.15, -0.1) is 0 Å². The van der Waals surface area contributed by atoms with E-state index in [1.807, 2.05) is 18.3 Å². The number of aromatic nitrogens is 1. The van der Waals surface area contributed by atoms with Crippen LogP contribution in [0.5, 0.6) is 0 Å². The zero-order valence-corrected chi connectivity index (χ0v) is 5.75. The Morgan fingerprint density at radius 2 is 2.50 bits per heavy atom. The van der Waals surface area contributed by atoms with Crippen LogP contribution in [-0.2, 0) is 6.42 Å². The highest BCUT2D eigenvalue weighted by Crippen LogP contribution is 1.97. The summed E-state index contributed by atoms with van der Waals surface area (Å²) in [5.74, 6) is 0. The highest BCUT2D eigenvalue weighted by atomic mass is 16.3. The van der Waals surface area contributed by atoms with Crippen LogP contribution >= 0.6 is 0 Å². The smallest absolute Gasteiger partial charge is 0.0586 e. The first-order chi connectivity index (χ1) is 4.83. The minimum atomic E-state index is -0.140. The van der Waals surface area contributed by atoms with Gasteiger partial charge in [0.2, 0.25) is 0 Å². The van der Waals surface area contributed by atoms with Gasteiger partial charge in [-0.1, -0.05) is 0 Å². The van der Waals surface area contributed by atoms with E-state index in [0.29, 0.717) is 6.42 Å². The average Bonchev–Trinajstić information content (AvgIpc) is 2.40. The minimum Gasteiger partial charge on any atom is -0.395 e. The van der Waals surface area contributed by atoms with Crippen LogP contribution in [0.3, 0.4) is 0 Å². The van der Waals surface area contributed by atoms with Crippen molar-refractivity contribution in [1.29, 1.82) is 0 Å². The fraction of sp³-hybridized carbons (Fsp3) is 0.429. The van der Waals surface area contributed by atoms with Crippen molar-refractivity contribution in [2.24, 2.45) is 5.73 Å². The molecule has 0 fully saturated rings. The van der Waals surface area contributed by atoms with Crippen LogP contribution in [0, 0.1) is 0 Å². The lowest BCUT2D eigenvalue weighted by Crippen LogP contribution is -2.26. The molecule has 4 N–H and O–H groups in total. The molecule has 3 nitrogen and oxygen atoms in total. The molecule has 1 rings (SSSR count). The van der Waals surface area contributed by atoms with Gasteiger partial charge in [-0.2, -0.15) is 0 Å². The van der Waals surface area contributed by atoms with Gasteiger partial charge in [-0.3, -0.25) is 0 Å². The molecular weight excluding hydrogens is 128 g/mol. The van der Waals surface area contributed by atoms with Gasteiger partial charge in [-0.25, -0.2) is 0 Å². The normalized spacial score (nSPS) is 13.4. The molecule has 10 heavy (non-hydrogen) atoms. The van der Waals surface area contributed by atoms with Gasteiger partial charge in [0.25, 0.3) is 0 Å². The van der Waals surface area contributed by atoms with Crippen LogP contribution in [0.1, 0.15) is 5.69 Å². The maximum atomic E-state index is 8.59. The topological polar surface area (TPSA) is 62.0 Å². The van der Waals surface area contributed by atoms with Crippen LogP contribution in [0.25, 0.3) is 0 Å². The van der Waals surface area contributed by atoms with E-state index < -0.39 is 0 Å². The number of rotatable bonds is 3. The third kappa shape index (κ3) is 1.86. The van der Waals surface area contributed by atoms with E-state index in [-0.39, 0.29) is 12.6 Å². The van der Waals surface area contributed by atoms with Crippen molar-refractivity contribution in [3.8, 4) is 0 Å². The van der Waals surface area contributed by atoms with Crippen LogP contribution in [0.15, 0.2) is 18.3 Å². The summed E-state index contributed by atoms with van der Waals surface area (Å²) in [6.07, 6.45) is 2.56. The lowest BCUT2D eigenvalue weighted by atomic mass is 10.2. The van der Waals surface area contributed by atoms with E-state index in [1.165, 1.54) is 0 Å². The molecular formula is C7H12N2O. The highest BCUT2D eigenvalue weighted by molar-refractivity contribution is 5.05. The van der Waals surface area contributed by atoms with Gasteiger partial charge < -0.3 is 15.8 Å². The molecule has 1 aromatic heterocycles. The van der Waals surface area contributed by atoms with Crippen LogP contribution in [0.2, 0.25) is 0 Å². The first-order valence-electron chi connectivity index (χ1n) is 3.31. The number of nitrogens with one attached hydrogen (secondary N) is 1. The summed E-state index contributed by atoms with van der Waals surface area (Å²) in [4.78, 5) is 3.01. The highest BCUT2D eigenvalue weighted by Gasteiger charge is 2.00. The lowest BCUT2D eigenvalue weighted by molar-refractivity contribution is 0.264. The third-order valence-corrected chi connectivity index (χ3v) is 1.38. The van der Waals surface area contributed by atoms with Gasteiger partial charge >= 0.3 is 0 Å². The first-order valence-corrected chi connectivity index (χ1v) is 3.31. The Bertz CT molecular complexity index is 172. The third-order valence-electron chi connectivity index (χ3n) is 1.38. The molecule has 0 saturated heterocycles. The molecule has 0 radical (unpaired) electrons. The summed E-state index contributed by atoms with van der Waals surface area (Å²) >= 11 is 0. The molecule has 0 aliphatic heterocycles. The van der Waals surface area contributed by atoms with Gasteiger partial charge in [0.05, 0.1) is 6.61 Å². The van der Waals surface area contributed by atoms with Crippen molar-refractivity contribution in [3.63, 3.8) is 0 Å². The van der Waals surface area contributed by atoms with E-state index in [0.717, 1.165) is 5.69 Å². The van der Waals surface area contributed by atoms with E-state index in [1.54, 1.807) is 0 Å². The van der Waals surface area contributed by atoms with E-state index in [4.69, 9.17) is 10.8 Å². The molecule has 0 aliphatic carbocycles. The summed E-state index contributed by atoms with van der Waals surface area (Å²) in [6.45, 7) is 0.0407. The minimum absolute atomic E-state index is 0.0407. The van der Waals surface area contributed by atoms with Crippen molar-refractivity contribution < 1.29 is 5.11 Å². The maximum Gasteiger partial charge on any atom is 0.0586 e. The molecule has 1 aromatic rings. The van der Waals surface area contributed by atoms with Crippen molar-refractivity contribution in [2.45, 2.75) is 12.5 Å². The molecule has 1 unspecified atom stereocenters. The molecule has 0 aliphatic rings. The van der Waals surface area contributed by atoms with Crippen molar-refractivity contribution in [2.75, 3.05) is 6.61 Å². The molecule has 0 spiro atoms. The maximum absolute atomic E-state index is 8.59. The molecule has 1 heterocycles. The van der Waals surface area contributed by atoms with E-state index >= 15 is 0 Å². The van der Waals surface area contributed by atoms with Crippen molar-refractivity contribution in [1.82, 2.24) is 4.98 Å². The summed E-state index contributed by atoms with van der Waals surface area (Å²) in [7, 11) is 0. The van der Waals surface area contributed by atoms with Crippen LogP contribution in [-0.4, -0.2) is 22.7 Å². The largest absolute Gasteiger partial charge is 0.395 e. The van der Waals surface area contributed by atoms with E-state index in [2.05, 4.69) is 4.98 Å². The molecule has 56 valence electrons. The Hall–Kier alpha value is -0.800. The zero-order valence-electron chi connectivity index (χ0n) is 5.75. The molecule has 0 aromatic carbocycles. The summed E-state index contributed by atoms with van der Waals surface area (Å²) in [5, 5.41) is 8.59. The molecule has 3 heteroatoms. The van der Waals surface area contributed by atoms with Gasteiger partial charge in [0.15, 0.2) is 0 Å². The number of nitrogens with two attached hydrogens (primary N) is 1. The Labute approximate surface area is 59.9 Å². The monoisotopic (exact) mass is 140 g/mol. The Morgan fingerprint density at radius 1 is 1.70 bits per heavy atom. The second kappa shape index (κ2) is 3.39. The summed E-state index contributed by atoms with van der Waals surface area (Å²) in [5.41, 5.74) is 6.57. The summed E-state index contributed by atoms with van der Waals surface area (Å²) in [6, 6.07) is 3.73. The van der Waals surface area contributed by atoms with Gasteiger partial charge in [0.1, 0.15) is 0 Å². The Morgan fingerprint density at radius 3 is 3.00 bits per heavy atom. The second-order valence-corrected chi connectivity index (χ2v) is 2.34. The number of hydrogen-bond donors (Lipinski definition) is 3. The Kier molecular flexibility index (Phi) is 2.48. The second-order valence-electron chi connectivity index (χ2n) is 2.34. The average molecular weight is 140 g/mol. The molecule has 0 bridgehead atoms. The standard InChI is InChI=1S/C7H12N2O/c8-6(5-10)4-7-2-1-3-9-7/h1-3,6,9-10H,4-5,8H2. The van der Waals surface area contributed by atoms with Gasteiger partial charge in [0, 0.05) is 24.4 Å². The number of H-pyrrole nitrogens is 1. The number of aromatic amines is 1. The van der Waals surface area contributed by atoms with Gasteiger partial charge in [-0.05, 0) is 12.1 Å². The lowest BCUT2D eigenvalue weighted by Gasteiger charge is -2.04. The molecule has 0 amide bonds.